The lowest BCUT2D eigenvalue weighted by Crippen LogP contribution is -2.25. The first kappa shape index (κ1) is 20.6. The van der Waals surface area contributed by atoms with Gasteiger partial charge in [0.25, 0.3) is 0 Å². The second-order valence-electron chi connectivity index (χ2n) is 6.38. The third kappa shape index (κ3) is 6.87. The number of halogens is 1. The van der Waals surface area contributed by atoms with Crippen molar-refractivity contribution in [3.8, 4) is 11.5 Å². The highest BCUT2D eigenvalue weighted by atomic mass is 35.5. The highest BCUT2D eigenvalue weighted by molar-refractivity contribution is 6.30. The van der Waals surface area contributed by atoms with Crippen LogP contribution in [-0.2, 0) is 13.0 Å². The van der Waals surface area contributed by atoms with E-state index in [2.05, 4.69) is 41.8 Å². The number of likely N-dealkylation sites (N-methyl/N-ethyl adjacent to an activating group) is 1. The van der Waals surface area contributed by atoms with Crippen LogP contribution >= 0.6 is 11.6 Å². The predicted molar refractivity (Wildman–Crippen MR) is 108 cm³/mol. The molecule has 0 aliphatic carbocycles. The third-order valence-corrected chi connectivity index (χ3v) is 4.52. The van der Waals surface area contributed by atoms with Crippen LogP contribution in [0.5, 0.6) is 11.5 Å². The Morgan fingerprint density at radius 1 is 1.04 bits per heavy atom. The summed E-state index contributed by atoms with van der Waals surface area (Å²) in [5.74, 6) is 1.58. The predicted octanol–water partition coefficient (Wildman–Crippen LogP) is 4.06. The second-order valence-corrected chi connectivity index (χ2v) is 6.82. The Labute approximate surface area is 161 Å². The first-order valence-corrected chi connectivity index (χ1v) is 9.42. The molecule has 1 atom stereocenters. The lowest BCUT2D eigenvalue weighted by molar-refractivity contribution is 0.295. The van der Waals surface area contributed by atoms with Crippen LogP contribution in [0.4, 0.5) is 0 Å². The van der Waals surface area contributed by atoms with Gasteiger partial charge in [-0.3, -0.25) is 0 Å². The van der Waals surface area contributed by atoms with Gasteiger partial charge in [-0.1, -0.05) is 29.8 Å². The van der Waals surface area contributed by atoms with Crippen molar-refractivity contribution >= 4 is 11.6 Å². The summed E-state index contributed by atoms with van der Waals surface area (Å²) in [6, 6.07) is 14.6. The van der Waals surface area contributed by atoms with E-state index >= 15 is 0 Å². The van der Waals surface area contributed by atoms with Crippen LogP contribution in [0.3, 0.4) is 0 Å². The summed E-state index contributed by atoms with van der Waals surface area (Å²) in [5.41, 5.74) is 2.49. The van der Waals surface area contributed by atoms with Crippen LogP contribution < -0.4 is 20.1 Å². The maximum absolute atomic E-state index is 5.92. The van der Waals surface area contributed by atoms with Crippen molar-refractivity contribution in [2.45, 2.75) is 32.4 Å². The molecule has 2 N–H and O–H groups in total. The molecule has 0 amide bonds. The summed E-state index contributed by atoms with van der Waals surface area (Å²) >= 11 is 5.92. The number of ether oxygens (including phenoxy) is 2. The summed E-state index contributed by atoms with van der Waals surface area (Å²) in [6.07, 6.45) is 2.04. The standard InChI is InChI=1S/C21H29ClN2O2/c1-16(24-15-18-6-9-19(22)10-7-18)4-5-17-8-11-20(21(14-17)25-3)26-13-12-23-2/h6-11,14,16,23-24H,4-5,12-13,15H2,1-3H3. The molecule has 2 rings (SSSR count). The van der Waals surface area contributed by atoms with Crippen molar-refractivity contribution < 1.29 is 9.47 Å². The molecule has 0 saturated heterocycles. The first-order valence-electron chi connectivity index (χ1n) is 9.04. The van der Waals surface area contributed by atoms with E-state index in [4.69, 9.17) is 21.1 Å². The van der Waals surface area contributed by atoms with Crippen molar-refractivity contribution in [3.05, 3.63) is 58.6 Å². The van der Waals surface area contributed by atoms with Gasteiger partial charge in [-0.25, -0.2) is 0 Å². The average molecular weight is 377 g/mol. The normalized spacial score (nSPS) is 12.0. The van der Waals surface area contributed by atoms with Gasteiger partial charge in [0, 0.05) is 24.2 Å². The number of nitrogens with one attached hydrogen (secondary N) is 2. The molecule has 26 heavy (non-hydrogen) atoms. The molecule has 0 fully saturated rings. The molecule has 0 saturated carbocycles. The summed E-state index contributed by atoms with van der Waals surface area (Å²) in [6.45, 7) is 4.49. The Balaban J connectivity index is 1.81. The maximum atomic E-state index is 5.92. The Kier molecular flexibility index (Phi) is 8.75. The lowest BCUT2D eigenvalue weighted by Gasteiger charge is -2.15. The minimum Gasteiger partial charge on any atom is -0.493 e. The van der Waals surface area contributed by atoms with Crippen LogP contribution in [-0.4, -0.2) is 33.4 Å². The second kappa shape index (κ2) is 11.1. The molecule has 0 spiro atoms. The van der Waals surface area contributed by atoms with Gasteiger partial charge in [-0.15, -0.1) is 0 Å². The Morgan fingerprint density at radius 3 is 2.46 bits per heavy atom. The fourth-order valence-electron chi connectivity index (χ4n) is 2.63. The zero-order chi connectivity index (χ0) is 18.8. The molecule has 1 unspecified atom stereocenters. The average Bonchev–Trinajstić information content (AvgIpc) is 2.66. The minimum absolute atomic E-state index is 0.420. The Bertz CT molecular complexity index is 662. The third-order valence-electron chi connectivity index (χ3n) is 4.27. The van der Waals surface area contributed by atoms with Crippen molar-refractivity contribution in [3.63, 3.8) is 0 Å². The Hall–Kier alpha value is -1.75. The summed E-state index contributed by atoms with van der Waals surface area (Å²) in [7, 11) is 3.59. The van der Waals surface area contributed by atoms with E-state index in [9.17, 15) is 0 Å². The van der Waals surface area contributed by atoms with Gasteiger partial charge in [0.1, 0.15) is 6.61 Å². The van der Waals surface area contributed by atoms with Crippen LogP contribution in [0.15, 0.2) is 42.5 Å². The number of rotatable bonds is 11. The summed E-state index contributed by atoms with van der Waals surface area (Å²) in [4.78, 5) is 0. The molecular formula is C21H29ClN2O2. The number of aryl methyl sites for hydroxylation is 1. The molecule has 0 aliphatic rings. The quantitative estimate of drug-likeness (QED) is 0.580. The maximum Gasteiger partial charge on any atom is 0.161 e. The molecular weight excluding hydrogens is 348 g/mol. The van der Waals surface area contributed by atoms with Crippen molar-refractivity contribution in [2.24, 2.45) is 0 Å². The zero-order valence-electron chi connectivity index (χ0n) is 15.8. The van der Waals surface area contributed by atoms with Crippen LogP contribution in [0.2, 0.25) is 5.02 Å². The molecule has 0 bridgehead atoms. The molecule has 0 radical (unpaired) electrons. The number of hydrogen-bond acceptors (Lipinski definition) is 4. The van der Waals surface area contributed by atoms with Gasteiger partial charge in [0.2, 0.25) is 0 Å². The molecule has 2 aromatic carbocycles. The molecule has 0 aliphatic heterocycles. The number of benzene rings is 2. The lowest BCUT2D eigenvalue weighted by atomic mass is 10.1. The monoisotopic (exact) mass is 376 g/mol. The molecule has 2 aromatic rings. The van der Waals surface area contributed by atoms with Crippen LogP contribution in [0.25, 0.3) is 0 Å². The van der Waals surface area contributed by atoms with Crippen molar-refractivity contribution in [1.82, 2.24) is 10.6 Å². The SMILES string of the molecule is CNCCOc1ccc(CCC(C)NCc2ccc(Cl)cc2)cc1OC. The van der Waals surface area contributed by atoms with Crippen LogP contribution in [0.1, 0.15) is 24.5 Å². The number of hydrogen-bond donors (Lipinski definition) is 2. The van der Waals surface area contributed by atoms with Gasteiger partial charge >= 0.3 is 0 Å². The van der Waals surface area contributed by atoms with E-state index in [-0.39, 0.29) is 0 Å². The number of methoxy groups -OCH3 is 1. The first-order chi connectivity index (χ1) is 12.6. The molecule has 5 heteroatoms. The van der Waals surface area contributed by atoms with E-state index in [1.807, 2.05) is 25.2 Å². The van der Waals surface area contributed by atoms with Gasteiger partial charge in [-0.05, 0) is 62.2 Å². The fraction of sp³-hybridized carbons (Fsp3) is 0.429. The fourth-order valence-corrected chi connectivity index (χ4v) is 2.76. The van der Waals surface area contributed by atoms with Gasteiger partial charge < -0.3 is 20.1 Å². The summed E-state index contributed by atoms with van der Waals surface area (Å²) < 4.78 is 11.2. The van der Waals surface area contributed by atoms with Crippen molar-refractivity contribution in [1.29, 1.82) is 0 Å². The highest BCUT2D eigenvalue weighted by Crippen LogP contribution is 2.28. The van der Waals surface area contributed by atoms with Gasteiger partial charge in [0.05, 0.1) is 7.11 Å². The minimum atomic E-state index is 0.420. The Morgan fingerprint density at radius 2 is 1.77 bits per heavy atom. The van der Waals surface area contributed by atoms with E-state index in [1.54, 1.807) is 7.11 Å². The molecule has 0 heterocycles. The molecule has 142 valence electrons. The highest BCUT2D eigenvalue weighted by Gasteiger charge is 2.08. The van der Waals surface area contributed by atoms with Crippen LogP contribution in [0, 0.1) is 0 Å². The molecule has 0 aromatic heterocycles. The smallest absolute Gasteiger partial charge is 0.161 e. The van der Waals surface area contributed by atoms with Crippen molar-refractivity contribution in [2.75, 3.05) is 27.3 Å². The van der Waals surface area contributed by atoms with E-state index in [0.717, 1.165) is 42.5 Å². The van der Waals surface area contributed by atoms with E-state index < -0.39 is 0 Å². The largest absolute Gasteiger partial charge is 0.493 e. The van der Waals surface area contributed by atoms with E-state index in [0.29, 0.717) is 12.6 Å². The topological polar surface area (TPSA) is 42.5 Å². The summed E-state index contributed by atoms with van der Waals surface area (Å²) in [5, 5.41) is 7.40. The zero-order valence-corrected chi connectivity index (χ0v) is 16.6. The molecule has 4 nitrogen and oxygen atoms in total. The van der Waals surface area contributed by atoms with E-state index in [1.165, 1.54) is 11.1 Å². The van der Waals surface area contributed by atoms with Gasteiger partial charge in [0.15, 0.2) is 11.5 Å². The van der Waals surface area contributed by atoms with Gasteiger partial charge in [-0.2, -0.15) is 0 Å².